The number of amides is 2. The number of nitrogens with two attached hydrogens (primary N) is 1. The summed E-state index contributed by atoms with van der Waals surface area (Å²) in [4.78, 5) is 11.5. The molecule has 6 aliphatic carbocycles. The zero-order chi connectivity index (χ0) is 11.5. The molecular weight excluding hydrogens is 282 g/mol. The van der Waals surface area contributed by atoms with Gasteiger partial charge in [-0.1, -0.05) is 15.9 Å². The van der Waals surface area contributed by atoms with E-state index in [1.807, 2.05) is 0 Å². The molecule has 3 N–H and O–H groups in total. The maximum absolute atomic E-state index is 10.8. The first-order valence-corrected chi connectivity index (χ1v) is 7.38. The molecular formula is C12H14BrN3O. The first-order valence-electron chi connectivity index (χ1n) is 6.47. The van der Waals surface area contributed by atoms with E-state index in [0.717, 1.165) is 35.5 Å². The van der Waals surface area contributed by atoms with Gasteiger partial charge in [0.2, 0.25) is 0 Å². The van der Waals surface area contributed by atoms with Gasteiger partial charge in [-0.2, -0.15) is 5.10 Å². The Bertz CT molecular complexity index is 476. The minimum Gasteiger partial charge on any atom is -0.350 e. The molecule has 0 spiro atoms. The Morgan fingerprint density at radius 2 is 2.00 bits per heavy atom. The van der Waals surface area contributed by atoms with Crippen molar-refractivity contribution in [1.29, 1.82) is 0 Å². The predicted octanol–water partition coefficient (Wildman–Crippen LogP) is 1.16. The molecule has 0 radical (unpaired) electrons. The van der Waals surface area contributed by atoms with Crippen molar-refractivity contribution >= 4 is 27.7 Å². The topological polar surface area (TPSA) is 67.5 Å². The molecule has 5 heteroatoms. The van der Waals surface area contributed by atoms with Crippen LogP contribution in [0.2, 0.25) is 0 Å². The number of hydrogen-bond donors (Lipinski definition) is 2. The van der Waals surface area contributed by atoms with Crippen LogP contribution in [0.3, 0.4) is 0 Å². The normalized spacial score (nSPS) is 65.7. The Labute approximate surface area is 108 Å². The molecule has 0 heterocycles. The Morgan fingerprint density at radius 3 is 2.71 bits per heavy atom. The molecule has 0 saturated heterocycles. The van der Waals surface area contributed by atoms with E-state index in [1.165, 1.54) is 12.1 Å². The summed E-state index contributed by atoms with van der Waals surface area (Å²) < 4.78 is 0. The summed E-state index contributed by atoms with van der Waals surface area (Å²) >= 11 is 3.93. The Morgan fingerprint density at radius 1 is 1.24 bits per heavy atom. The Balaban J connectivity index is 1.62. The summed E-state index contributed by atoms with van der Waals surface area (Å²) in [6, 6.07) is -0.536. The lowest BCUT2D eigenvalue weighted by molar-refractivity contribution is 0.132. The van der Waals surface area contributed by atoms with Crippen molar-refractivity contribution in [2.45, 2.75) is 11.2 Å². The summed E-state index contributed by atoms with van der Waals surface area (Å²) in [5, 5.41) is 4.35. The highest BCUT2D eigenvalue weighted by Gasteiger charge is 2.82. The van der Waals surface area contributed by atoms with E-state index in [0.29, 0.717) is 16.7 Å². The van der Waals surface area contributed by atoms with Crippen LogP contribution in [-0.4, -0.2) is 16.6 Å². The molecule has 9 atom stereocenters. The largest absolute Gasteiger partial charge is 0.350 e. The molecule has 6 aliphatic rings. The lowest BCUT2D eigenvalue weighted by Gasteiger charge is -2.32. The van der Waals surface area contributed by atoms with Gasteiger partial charge in [0, 0.05) is 22.4 Å². The second-order valence-electron chi connectivity index (χ2n) is 6.38. The zero-order valence-corrected chi connectivity index (χ0v) is 10.8. The van der Waals surface area contributed by atoms with E-state index in [-0.39, 0.29) is 0 Å². The molecule has 2 amide bonds. The number of nitrogens with zero attached hydrogens (tertiary/aromatic N) is 1. The Kier molecular flexibility index (Phi) is 1.41. The van der Waals surface area contributed by atoms with Crippen LogP contribution in [-0.2, 0) is 0 Å². The van der Waals surface area contributed by atoms with E-state index in [4.69, 9.17) is 5.73 Å². The fourth-order valence-corrected chi connectivity index (χ4v) is 7.92. The van der Waals surface area contributed by atoms with Crippen LogP contribution < -0.4 is 11.2 Å². The van der Waals surface area contributed by atoms with Crippen molar-refractivity contribution in [3.8, 4) is 0 Å². The highest BCUT2D eigenvalue weighted by molar-refractivity contribution is 9.09. The van der Waals surface area contributed by atoms with Gasteiger partial charge in [0.1, 0.15) is 0 Å². The van der Waals surface area contributed by atoms with Gasteiger partial charge in [-0.25, -0.2) is 10.2 Å². The molecule has 90 valence electrons. The summed E-state index contributed by atoms with van der Waals surface area (Å²) in [5.74, 6) is 6.55. The van der Waals surface area contributed by atoms with Crippen LogP contribution in [0.4, 0.5) is 4.79 Å². The number of hydrazone groups is 1. The second-order valence-corrected chi connectivity index (χ2v) is 7.44. The molecule has 0 aromatic carbocycles. The quantitative estimate of drug-likeness (QED) is 0.553. The fraction of sp³-hybridized carbons (Fsp3) is 0.833. The van der Waals surface area contributed by atoms with Crippen LogP contribution >= 0.6 is 15.9 Å². The first kappa shape index (κ1) is 9.36. The lowest BCUT2D eigenvalue weighted by atomic mass is 9.71. The summed E-state index contributed by atoms with van der Waals surface area (Å²) in [6.45, 7) is 0. The van der Waals surface area contributed by atoms with Gasteiger partial charge in [0.05, 0.1) is 0 Å². The van der Waals surface area contributed by atoms with Crippen LogP contribution in [0.15, 0.2) is 5.10 Å². The summed E-state index contributed by atoms with van der Waals surface area (Å²) in [5.41, 5.74) is 8.86. The van der Waals surface area contributed by atoms with Crippen LogP contribution in [0.1, 0.15) is 6.42 Å². The molecule has 0 aromatic rings. The Hall–Kier alpha value is -0.580. The highest BCUT2D eigenvalue weighted by Crippen LogP contribution is 2.82. The molecule has 6 saturated carbocycles. The number of halogens is 1. The SMILES string of the molecule is NC(=O)N/N=C1/[C@H]2[C@@H]3C[C@@H]4[C@@H]5[C@@H](Br)[C@H]([C@H]1[C@H]35)[C@@H]42. The average Bonchev–Trinajstić information content (AvgIpc) is 2.97. The highest BCUT2D eigenvalue weighted by atomic mass is 79.9. The number of nitrogens with one attached hydrogen (secondary N) is 1. The standard InChI is InChI=1S/C12H14BrN3O/c13-10-6-2-1-3-4(6)9-8(10)5(2)7(3)11(9)15-16-12(14)17/h2-10H,1H2,(H3,14,16,17)/b15-11-/t2-,3+,4+,5-,6-,7-,8-,9+,10+/m0/s1. The van der Waals surface area contributed by atoms with E-state index in [1.54, 1.807) is 0 Å². The third-order valence-corrected chi connectivity index (χ3v) is 7.56. The average molecular weight is 296 g/mol. The van der Waals surface area contributed by atoms with E-state index >= 15 is 0 Å². The molecule has 6 fully saturated rings. The number of rotatable bonds is 1. The van der Waals surface area contributed by atoms with Crippen molar-refractivity contribution in [2.24, 2.45) is 58.2 Å². The molecule has 0 aromatic heterocycles. The molecule has 6 rings (SSSR count). The lowest BCUT2D eigenvalue weighted by Crippen LogP contribution is -2.30. The predicted molar refractivity (Wildman–Crippen MR) is 65.4 cm³/mol. The smallest absolute Gasteiger partial charge is 0.332 e. The maximum Gasteiger partial charge on any atom is 0.332 e. The maximum atomic E-state index is 10.8. The van der Waals surface area contributed by atoms with Gasteiger partial charge >= 0.3 is 6.03 Å². The van der Waals surface area contributed by atoms with E-state index in [9.17, 15) is 4.79 Å². The van der Waals surface area contributed by atoms with Crippen molar-refractivity contribution < 1.29 is 4.79 Å². The van der Waals surface area contributed by atoms with Gasteiger partial charge in [-0.05, 0) is 41.9 Å². The van der Waals surface area contributed by atoms with E-state index < -0.39 is 6.03 Å². The first-order chi connectivity index (χ1) is 8.20. The number of urea groups is 1. The van der Waals surface area contributed by atoms with Crippen molar-refractivity contribution in [1.82, 2.24) is 5.43 Å². The second kappa shape index (κ2) is 2.56. The number of hydrogen-bond acceptors (Lipinski definition) is 2. The minimum atomic E-state index is -0.536. The minimum absolute atomic E-state index is 0.536. The number of alkyl halides is 1. The van der Waals surface area contributed by atoms with Gasteiger partial charge < -0.3 is 5.73 Å². The van der Waals surface area contributed by atoms with Crippen LogP contribution in [0.25, 0.3) is 0 Å². The third-order valence-electron chi connectivity index (χ3n) is 6.34. The molecule has 0 aliphatic heterocycles. The number of carbonyl (C=O) groups is 1. The fourth-order valence-electron chi connectivity index (χ4n) is 6.49. The molecule has 17 heavy (non-hydrogen) atoms. The molecule has 0 unspecified atom stereocenters. The van der Waals surface area contributed by atoms with Crippen LogP contribution in [0, 0.1) is 47.3 Å². The van der Waals surface area contributed by atoms with Gasteiger partial charge in [-0.15, -0.1) is 0 Å². The van der Waals surface area contributed by atoms with Crippen molar-refractivity contribution in [2.75, 3.05) is 0 Å². The van der Waals surface area contributed by atoms with Gasteiger partial charge in [0.15, 0.2) is 0 Å². The molecule has 4 nitrogen and oxygen atoms in total. The van der Waals surface area contributed by atoms with Crippen molar-refractivity contribution in [3.63, 3.8) is 0 Å². The van der Waals surface area contributed by atoms with E-state index in [2.05, 4.69) is 26.5 Å². The number of primary amides is 1. The zero-order valence-electron chi connectivity index (χ0n) is 9.21. The van der Waals surface area contributed by atoms with Crippen molar-refractivity contribution in [3.05, 3.63) is 0 Å². The molecule has 6 bridgehead atoms. The summed E-state index contributed by atoms with van der Waals surface area (Å²) in [7, 11) is 0. The third kappa shape index (κ3) is 0.761. The van der Waals surface area contributed by atoms with Gasteiger partial charge in [-0.3, -0.25) is 0 Å². The van der Waals surface area contributed by atoms with Crippen LogP contribution in [0.5, 0.6) is 0 Å². The summed E-state index contributed by atoms with van der Waals surface area (Å²) in [6.07, 6.45) is 1.41. The monoisotopic (exact) mass is 295 g/mol. The van der Waals surface area contributed by atoms with Gasteiger partial charge in [0.25, 0.3) is 0 Å². The number of carbonyl (C=O) groups excluding carboxylic acids is 1.